The Hall–Kier alpha value is -2.18. The minimum atomic E-state index is -0.316. The number of hydrogen-bond acceptors (Lipinski definition) is 4. The summed E-state index contributed by atoms with van der Waals surface area (Å²) < 4.78 is 17.4. The van der Waals surface area contributed by atoms with Crippen molar-refractivity contribution in [1.29, 1.82) is 0 Å². The first-order valence-corrected chi connectivity index (χ1v) is 9.15. The molecule has 136 valence electrons. The Kier molecular flexibility index (Phi) is 6.06. The number of methoxy groups -OCH3 is 1. The van der Waals surface area contributed by atoms with Gasteiger partial charge in [-0.05, 0) is 24.3 Å². The normalized spacial score (nSPS) is 13.3. The summed E-state index contributed by atoms with van der Waals surface area (Å²) in [5.41, 5.74) is 1.24. The maximum Gasteiger partial charge on any atom is 0.248 e. The lowest BCUT2D eigenvalue weighted by atomic mass is 10.2. The molecule has 3 rings (SSSR count). The number of ether oxygens (including phenoxy) is 3. The highest BCUT2D eigenvalue weighted by molar-refractivity contribution is 9.10. The predicted molar refractivity (Wildman–Crippen MR) is 105 cm³/mol. The van der Waals surface area contributed by atoms with Gasteiger partial charge in [-0.15, -0.1) is 0 Å². The SMILES string of the molecule is COc1ccc(Br)cc1/C=C/C(=O)Nc1cc2c(cc1Cl)OCCCO2. The quantitative estimate of drug-likeness (QED) is 0.688. The molecular weight excluding hydrogens is 422 g/mol. The highest BCUT2D eigenvalue weighted by Crippen LogP contribution is 2.37. The molecule has 0 radical (unpaired) electrons. The average molecular weight is 439 g/mol. The Morgan fingerprint density at radius 1 is 1.23 bits per heavy atom. The summed E-state index contributed by atoms with van der Waals surface area (Å²) in [6, 6.07) is 8.88. The monoisotopic (exact) mass is 437 g/mol. The van der Waals surface area contributed by atoms with Crippen molar-refractivity contribution in [2.24, 2.45) is 0 Å². The van der Waals surface area contributed by atoms with Gasteiger partial charge in [0.05, 0.1) is 31.0 Å². The van der Waals surface area contributed by atoms with Crippen LogP contribution in [0.4, 0.5) is 5.69 Å². The molecule has 26 heavy (non-hydrogen) atoms. The van der Waals surface area contributed by atoms with Crippen LogP contribution >= 0.6 is 27.5 Å². The minimum absolute atomic E-state index is 0.316. The summed E-state index contributed by atoms with van der Waals surface area (Å²) in [4.78, 5) is 12.3. The standard InChI is InChI=1S/C19H17BrClNO4/c1-24-16-5-4-13(20)9-12(16)3-6-19(23)22-15-11-18-17(10-14(15)21)25-7-2-8-26-18/h3-6,9-11H,2,7-8H2,1H3,(H,22,23)/b6-3+. The first-order valence-electron chi connectivity index (χ1n) is 7.98. The van der Waals surface area contributed by atoms with Crippen molar-refractivity contribution in [3.8, 4) is 17.2 Å². The van der Waals surface area contributed by atoms with Crippen LogP contribution in [0.25, 0.3) is 6.08 Å². The van der Waals surface area contributed by atoms with E-state index < -0.39 is 0 Å². The van der Waals surface area contributed by atoms with Gasteiger partial charge in [-0.2, -0.15) is 0 Å². The lowest BCUT2D eigenvalue weighted by molar-refractivity contribution is -0.111. The molecule has 0 aliphatic carbocycles. The first-order chi connectivity index (χ1) is 12.6. The fraction of sp³-hybridized carbons (Fsp3) is 0.211. The van der Waals surface area contributed by atoms with Gasteiger partial charge in [0.2, 0.25) is 5.91 Å². The highest BCUT2D eigenvalue weighted by Gasteiger charge is 2.15. The highest BCUT2D eigenvalue weighted by atomic mass is 79.9. The molecule has 1 aliphatic heterocycles. The summed E-state index contributed by atoms with van der Waals surface area (Å²) in [5.74, 6) is 1.51. The van der Waals surface area contributed by atoms with E-state index >= 15 is 0 Å². The number of nitrogens with one attached hydrogen (secondary N) is 1. The van der Waals surface area contributed by atoms with Crippen molar-refractivity contribution in [2.45, 2.75) is 6.42 Å². The number of halogens is 2. The van der Waals surface area contributed by atoms with Gasteiger partial charge in [0.25, 0.3) is 0 Å². The zero-order chi connectivity index (χ0) is 18.5. The Morgan fingerprint density at radius 3 is 2.69 bits per heavy atom. The molecule has 2 aromatic rings. The molecule has 1 heterocycles. The molecule has 0 saturated carbocycles. The topological polar surface area (TPSA) is 56.8 Å². The third-order valence-corrected chi connectivity index (χ3v) is 4.51. The van der Waals surface area contributed by atoms with E-state index in [1.807, 2.05) is 18.2 Å². The van der Waals surface area contributed by atoms with Crippen LogP contribution in [0.2, 0.25) is 5.02 Å². The van der Waals surface area contributed by atoms with Crippen LogP contribution in [0.5, 0.6) is 17.2 Å². The predicted octanol–water partition coefficient (Wildman–Crippen LogP) is 4.92. The molecule has 0 bridgehead atoms. The van der Waals surface area contributed by atoms with Crippen LogP contribution in [0, 0.1) is 0 Å². The van der Waals surface area contributed by atoms with Gasteiger partial charge >= 0.3 is 0 Å². The van der Waals surface area contributed by atoms with E-state index in [4.69, 9.17) is 25.8 Å². The van der Waals surface area contributed by atoms with E-state index in [9.17, 15) is 4.79 Å². The Bertz CT molecular complexity index is 854. The van der Waals surface area contributed by atoms with Crippen LogP contribution in [0.1, 0.15) is 12.0 Å². The van der Waals surface area contributed by atoms with Crippen molar-refractivity contribution in [3.63, 3.8) is 0 Å². The Morgan fingerprint density at radius 2 is 1.96 bits per heavy atom. The fourth-order valence-electron chi connectivity index (χ4n) is 2.46. The van der Waals surface area contributed by atoms with Gasteiger partial charge in [0.15, 0.2) is 11.5 Å². The fourth-order valence-corrected chi connectivity index (χ4v) is 3.03. The number of hydrogen-bond donors (Lipinski definition) is 1. The molecule has 7 heteroatoms. The van der Waals surface area contributed by atoms with E-state index in [1.165, 1.54) is 6.08 Å². The minimum Gasteiger partial charge on any atom is -0.496 e. The first kappa shape index (κ1) is 18.6. The number of carbonyl (C=O) groups is 1. The van der Waals surface area contributed by atoms with Gasteiger partial charge in [-0.1, -0.05) is 27.5 Å². The van der Waals surface area contributed by atoms with Gasteiger partial charge in [0, 0.05) is 34.7 Å². The van der Waals surface area contributed by atoms with E-state index in [2.05, 4.69) is 21.2 Å². The largest absolute Gasteiger partial charge is 0.496 e. The molecule has 0 aromatic heterocycles. The Balaban J connectivity index is 1.76. The lowest BCUT2D eigenvalue weighted by Gasteiger charge is -2.11. The van der Waals surface area contributed by atoms with Crippen molar-refractivity contribution >= 4 is 45.2 Å². The van der Waals surface area contributed by atoms with Crippen LogP contribution in [0.3, 0.4) is 0 Å². The Labute approximate surface area is 165 Å². The number of benzene rings is 2. The third-order valence-electron chi connectivity index (χ3n) is 3.70. The summed E-state index contributed by atoms with van der Waals surface area (Å²) in [7, 11) is 1.58. The smallest absolute Gasteiger partial charge is 0.248 e. The van der Waals surface area contributed by atoms with Gasteiger partial charge in [-0.3, -0.25) is 4.79 Å². The number of anilines is 1. The molecule has 1 amide bonds. The van der Waals surface area contributed by atoms with Crippen molar-refractivity contribution < 1.29 is 19.0 Å². The van der Waals surface area contributed by atoms with Crippen LogP contribution in [-0.4, -0.2) is 26.2 Å². The van der Waals surface area contributed by atoms with Crippen LogP contribution < -0.4 is 19.5 Å². The molecule has 0 saturated heterocycles. The van der Waals surface area contributed by atoms with Gasteiger partial charge in [0.1, 0.15) is 5.75 Å². The second-order valence-corrected chi connectivity index (χ2v) is 6.86. The van der Waals surface area contributed by atoms with Crippen molar-refractivity contribution in [2.75, 3.05) is 25.6 Å². The zero-order valence-corrected chi connectivity index (χ0v) is 16.4. The number of fused-ring (bicyclic) bond motifs is 1. The number of rotatable bonds is 4. The molecule has 2 aromatic carbocycles. The molecule has 5 nitrogen and oxygen atoms in total. The lowest BCUT2D eigenvalue weighted by Crippen LogP contribution is -2.08. The summed E-state index contributed by atoms with van der Waals surface area (Å²) in [5, 5.41) is 3.14. The summed E-state index contributed by atoms with van der Waals surface area (Å²) >= 11 is 9.65. The van der Waals surface area contributed by atoms with Crippen LogP contribution in [0.15, 0.2) is 40.9 Å². The molecule has 0 spiro atoms. The van der Waals surface area contributed by atoms with Crippen molar-refractivity contribution in [3.05, 3.63) is 51.5 Å². The summed E-state index contributed by atoms with van der Waals surface area (Å²) in [6.45, 7) is 1.14. The molecular formula is C19H17BrClNO4. The third kappa shape index (κ3) is 4.51. The van der Waals surface area contributed by atoms with E-state index in [-0.39, 0.29) is 5.91 Å². The van der Waals surface area contributed by atoms with Crippen molar-refractivity contribution in [1.82, 2.24) is 0 Å². The summed E-state index contributed by atoms with van der Waals surface area (Å²) in [6.07, 6.45) is 3.89. The van der Waals surface area contributed by atoms with Gasteiger partial charge < -0.3 is 19.5 Å². The maximum atomic E-state index is 12.3. The molecule has 0 fully saturated rings. The second kappa shape index (κ2) is 8.47. The average Bonchev–Trinajstić information content (AvgIpc) is 2.85. The van der Waals surface area contributed by atoms with Gasteiger partial charge in [-0.25, -0.2) is 0 Å². The molecule has 0 unspecified atom stereocenters. The molecule has 1 aliphatic rings. The molecule has 1 N–H and O–H groups in total. The zero-order valence-electron chi connectivity index (χ0n) is 14.1. The number of carbonyl (C=O) groups excluding carboxylic acids is 1. The molecule has 0 atom stereocenters. The number of amides is 1. The van der Waals surface area contributed by atoms with Crippen LogP contribution in [-0.2, 0) is 4.79 Å². The van der Waals surface area contributed by atoms with E-state index in [0.717, 1.165) is 16.5 Å². The van der Waals surface area contributed by atoms with E-state index in [1.54, 1.807) is 25.3 Å². The van der Waals surface area contributed by atoms with E-state index in [0.29, 0.717) is 41.2 Å². The second-order valence-electron chi connectivity index (χ2n) is 5.54. The maximum absolute atomic E-state index is 12.3.